The van der Waals surface area contributed by atoms with E-state index in [0.29, 0.717) is 30.1 Å². The van der Waals surface area contributed by atoms with E-state index in [0.717, 1.165) is 70.1 Å². The largest absolute Gasteiger partial charge is 0.487 e. The van der Waals surface area contributed by atoms with Crippen molar-refractivity contribution in [2.75, 3.05) is 19.8 Å². The van der Waals surface area contributed by atoms with Gasteiger partial charge in [0.1, 0.15) is 36.5 Å². The summed E-state index contributed by atoms with van der Waals surface area (Å²) in [5, 5.41) is 38.8. The molecule has 14 heteroatoms. The summed E-state index contributed by atoms with van der Waals surface area (Å²) in [4.78, 5) is 39.3. The molecule has 5 aromatic carbocycles. The van der Waals surface area contributed by atoms with Crippen LogP contribution in [0.3, 0.4) is 0 Å². The van der Waals surface area contributed by atoms with E-state index in [1.54, 1.807) is 11.0 Å². The van der Waals surface area contributed by atoms with Gasteiger partial charge in [-0.15, -0.1) is 6.58 Å². The molecule has 0 bridgehead atoms. The molecule has 0 saturated heterocycles. The number of amides is 1. The average Bonchev–Trinajstić information content (AvgIpc) is 3.41. The fourth-order valence-electron chi connectivity index (χ4n) is 11.0. The van der Waals surface area contributed by atoms with Gasteiger partial charge in [-0.05, 0) is 114 Å². The Morgan fingerprint density at radius 3 is 2.40 bits per heavy atom. The number of aliphatic hydroxyl groups excluding tert-OH is 2. The van der Waals surface area contributed by atoms with Crippen molar-refractivity contribution in [2.24, 2.45) is 22.9 Å². The zero-order valence-corrected chi connectivity index (χ0v) is 41.1. The average molecular weight is 987 g/mol. The first-order chi connectivity index (χ1) is 35.7. The van der Waals surface area contributed by atoms with E-state index >= 15 is 4.79 Å². The number of aliphatic hydroxyl groups is 2. The molecule has 14 nitrogen and oxygen atoms in total. The lowest BCUT2D eigenvalue weighted by Gasteiger charge is -2.59. The number of ether oxygens (including phenoxy) is 4. The zero-order chi connectivity index (χ0) is 50.7. The van der Waals surface area contributed by atoms with Crippen LogP contribution in [-0.2, 0) is 29.3 Å². The van der Waals surface area contributed by atoms with Gasteiger partial charge in [0.15, 0.2) is 0 Å². The molecule has 6 aromatic rings. The molecule has 1 fully saturated rings. The van der Waals surface area contributed by atoms with Crippen LogP contribution in [0, 0.1) is 34.8 Å². The third-order valence-electron chi connectivity index (χ3n) is 14.3. The molecule has 2 heterocycles. The number of nitrogens with zero attached hydrogens (tertiary/aromatic N) is 4. The first-order valence-corrected chi connectivity index (χ1v) is 25.2. The summed E-state index contributed by atoms with van der Waals surface area (Å²) in [5.74, 6) is -1.26. The molecule has 0 spiro atoms. The van der Waals surface area contributed by atoms with Gasteiger partial charge in [-0.1, -0.05) is 109 Å². The number of hydrogen-bond donors (Lipinski definition) is 2. The molecule has 0 radical (unpaired) electrons. The van der Waals surface area contributed by atoms with Crippen molar-refractivity contribution in [2.45, 2.75) is 89.4 Å². The van der Waals surface area contributed by atoms with E-state index < -0.39 is 28.8 Å². The predicted octanol–water partition coefficient (Wildman–Crippen LogP) is 11.6. The normalized spacial score (nSPS) is 21.3. The maximum Gasteiger partial charge on any atom is 0.416 e. The second-order valence-corrected chi connectivity index (χ2v) is 19.0. The van der Waals surface area contributed by atoms with Gasteiger partial charge in [-0.3, -0.25) is 20.0 Å². The quantitative estimate of drug-likeness (QED) is 0.0286. The molecule has 1 aromatic heterocycles. The summed E-state index contributed by atoms with van der Waals surface area (Å²) in [6.07, 6.45) is 7.65. The zero-order valence-electron chi connectivity index (χ0n) is 41.1. The van der Waals surface area contributed by atoms with Crippen molar-refractivity contribution < 1.29 is 43.7 Å². The third-order valence-corrected chi connectivity index (χ3v) is 14.3. The van der Waals surface area contributed by atoms with Crippen molar-refractivity contribution in [3.05, 3.63) is 196 Å². The van der Waals surface area contributed by atoms with Crippen LogP contribution in [0.4, 0.5) is 10.5 Å². The molecule has 2 aliphatic carbocycles. The number of non-ortho nitro benzene ring substituents is 1. The fraction of sp³-hybridized carbons (Fsp3) is 0.339. The maximum absolute atomic E-state index is 15.4. The minimum absolute atomic E-state index is 0.000350. The number of fused-ring (bicyclic) bond motifs is 3. The standard InChI is InChI=1S/C59H62N4O10/c1-3-33-70-59-55(62(37-44-21-14-20-42-18-7-8-23-49(42)44)58(66)72-47-27-25-46(26-28-47)63(67)68)36-53(61-71-38-41-16-5-4-6-17-41)51-34-43(19-9-11-31-64)50(24-10-12-32-65)56(57(51)59)52-35-48(29-30-54(52)73-59)69-39-45-22-13-15-40(2)60-45/h3-8,13-18,20-23,25-30,34-35,43,50,55-57,64-65H,1,9-12,19,24,31-33,36-39H2,2H3. The third kappa shape index (κ3) is 11.3. The van der Waals surface area contributed by atoms with E-state index in [9.17, 15) is 20.3 Å². The first kappa shape index (κ1) is 50.5. The molecule has 3 aliphatic rings. The van der Waals surface area contributed by atoms with E-state index in [-0.39, 0.29) is 75.2 Å². The highest BCUT2D eigenvalue weighted by Gasteiger charge is 2.66. The molecule has 1 amide bonds. The van der Waals surface area contributed by atoms with Crippen LogP contribution in [0.15, 0.2) is 163 Å². The van der Waals surface area contributed by atoms with E-state index in [2.05, 4.69) is 23.7 Å². The minimum Gasteiger partial charge on any atom is -0.487 e. The van der Waals surface area contributed by atoms with Gasteiger partial charge in [0, 0.05) is 48.9 Å². The molecular formula is C59H62N4O10. The van der Waals surface area contributed by atoms with Crippen LogP contribution >= 0.6 is 0 Å². The number of nitro benzene ring substituents is 1. The van der Waals surface area contributed by atoms with Crippen molar-refractivity contribution in [3.63, 3.8) is 0 Å². The highest BCUT2D eigenvalue weighted by molar-refractivity contribution is 6.03. The second-order valence-electron chi connectivity index (χ2n) is 19.0. The highest BCUT2D eigenvalue weighted by Crippen LogP contribution is 2.62. The Kier molecular flexibility index (Phi) is 16.2. The van der Waals surface area contributed by atoms with Gasteiger partial charge in [0.25, 0.3) is 5.69 Å². The Morgan fingerprint density at radius 1 is 0.890 bits per heavy atom. The van der Waals surface area contributed by atoms with Gasteiger partial charge in [-0.25, -0.2) is 4.79 Å². The Bertz CT molecular complexity index is 2940. The van der Waals surface area contributed by atoms with Gasteiger partial charge in [-0.2, -0.15) is 0 Å². The van der Waals surface area contributed by atoms with Crippen molar-refractivity contribution in [3.8, 4) is 17.2 Å². The summed E-state index contributed by atoms with van der Waals surface area (Å²) < 4.78 is 27.5. The van der Waals surface area contributed by atoms with Crippen LogP contribution in [0.25, 0.3) is 10.8 Å². The number of oxime groups is 1. The Labute approximate surface area is 425 Å². The molecule has 378 valence electrons. The van der Waals surface area contributed by atoms with Crippen LogP contribution in [0.1, 0.15) is 78.9 Å². The Hall–Kier alpha value is -7.39. The number of nitro groups is 1. The Balaban J connectivity index is 1.25. The smallest absolute Gasteiger partial charge is 0.416 e. The highest BCUT2D eigenvalue weighted by atomic mass is 16.7. The monoisotopic (exact) mass is 986 g/mol. The number of unbranched alkanes of at least 4 members (excludes halogenated alkanes) is 2. The van der Waals surface area contributed by atoms with Crippen LogP contribution in [-0.4, -0.2) is 68.5 Å². The fourth-order valence-corrected chi connectivity index (χ4v) is 11.0. The molecule has 6 unspecified atom stereocenters. The molecule has 9 rings (SSSR count). The molecule has 73 heavy (non-hydrogen) atoms. The van der Waals surface area contributed by atoms with Crippen molar-refractivity contribution >= 4 is 28.3 Å². The SMILES string of the molecule is C=CCOC12Oc3ccc(OCc4cccc(C)n4)cc3C3C(CCCCO)C(CCCCO)C=C(C(=NOCc4ccccc4)CC1N(Cc1cccc4ccccc14)C(=O)Oc1ccc([N+](=O)[O-])cc1)C32. The summed E-state index contributed by atoms with van der Waals surface area (Å²) in [5.41, 5.74) is 5.70. The molecule has 6 atom stereocenters. The van der Waals surface area contributed by atoms with E-state index in [1.165, 1.54) is 24.3 Å². The van der Waals surface area contributed by atoms with Gasteiger partial charge in [0.05, 0.1) is 35.4 Å². The second kappa shape index (κ2) is 23.4. The van der Waals surface area contributed by atoms with Crippen molar-refractivity contribution in [1.29, 1.82) is 0 Å². The summed E-state index contributed by atoms with van der Waals surface area (Å²) >= 11 is 0. The van der Waals surface area contributed by atoms with Gasteiger partial charge in [0.2, 0.25) is 5.79 Å². The summed E-state index contributed by atoms with van der Waals surface area (Å²) in [7, 11) is 0. The Morgan fingerprint density at radius 2 is 1.63 bits per heavy atom. The lowest BCUT2D eigenvalue weighted by molar-refractivity contribution is -0.384. The molecule has 1 aliphatic heterocycles. The maximum atomic E-state index is 15.4. The predicted molar refractivity (Wildman–Crippen MR) is 278 cm³/mol. The number of aryl methyl sites for hydroxylation is 1. The lowest BCUT2D eigenvalue weighted by Crippen LogP contribution is -2.70. The molecule has 1 saturated carbocycles. The number of allylic oxidation sites excluding steroid dienone is 1. The van der Waals surface area contributed by atoms with Crippen molar-refractivity contribution in [1.82, 2.24) is 9.88 Å². The number of benzene rings is 5. The topological polar surface area (TPSA) is 175 Å². The van der Waals surface area contributed by atoms with E-state index in [4.69, 9.17) is 28.9 Å². The number of carbonyl (C=O) groups excluding carboxylic acids is 1. The van der Waals surface area contributed by atoms with Gasteiger partial charge < -0.3 is 34.0 Å². The number of pyridine rings is 1. The van der Waals surface area contributed by atoms with Crippen LogP contribution < -0.4 is 14.2 Å². The number of aromatic nitrogens is 1. The van der Waals surface area contributed by atoms with Gasteiger partial charge >= 0.3 is 6.09 Å². The van der Waals surface area contributed by atoms with Crippen LogP contribution in [0.5, 0.6) is 17.2 Å². The minimum atomic E-state index is -1.60. The van der Waals surface area contributed by atoms with Crippen LogP contribution in [0.2, 0.25) is 0 Å². The first-order valence-electron chi connectivity index (χ1n) is 25.2. The lowest BCUT2D eigenvalue weighted by atomic mass is 9.55. The molecule has 2 N–H and O–H groups in total. The number of hydrogen-bond acceptors (Lipinski definition) is 12. The summed E-state index contributed by atoms with van der Waals surface area (Å²) in [6, 6.07) is 39.9. The number of carbonyl (C=O) groups is 1. The number of rotatable bonds is 22. The van der Waals surface area contributed by atoms with E-state index in [1.807, 2.05) is 110 Å². The molecular weight excluding hydrogens is 925 g/mol. The summed E-state index contributed by atoms with van der Waals surface area (Å²) in [6.45, 7) is 6.69.